The lowest BCUT2D eigenvalue weighted by atomic mass is 10.2. The van der Waals surface area contributed by atoms with Crippen LogP contribution in [0.25, 0.3) is 0 Å². The fourth-order valence-corrected chi connectivity index (χ4v) is 5.14. The van der Waals surface area contributed by atoms with Gasteiger partial charge in [0.25, 0.3) is 5.91 Å². The van der Waals surface area contributed by atoms with Crippen LogP contribution >= 0.6 is 22.6 Å². The smallest absolute Gasteiger partial charge is 0.257 e. The molecule has 0 saturated carbocycles. The van der Waals surface area contributed by atoms with Gasteiger partial charge in [-0.05, 0) is 65.8 Å². The number of hydrogen-bond acceptors (Lipinski definition) is 3. The van der Waals surface area contributed by atoms with Gasteiger partial charge in [0.05, 0.1) is 10.5 Å². The molecule has 0 bridgehead atoms. The molecule has 1 aliphatic heterocycles. The van der Waals surface area contributed by atoms with Crippen molar-refractivity contribution in [1.29, 1.82) is 0 Å². The lowest BCUT2D eigenvalue weighted by molar-refractivity contribution is 0.102. The number of nitrogens with zero attached hydrogens (tertiary/aromatic N) is 1. The second-order valence-electron chi connectivity index (χ2n) is 5.93. The van der Waals surface area contributed by atoms with E-state index in [1.165, 1.54) is 10.4 Å². The van der Waals surface area contributed by atoms with Crippen molar-refractivity contribution in [2.75, 3.05) is 18.4 Å². The second kappa shape index (κ2) is 7.84. The van der Waals surface area contributed by atoms with Crippen molar-refractivity contribution in [3.63, 3.8) is 0 Å². The molecule has 0 spiro atoms. The van der Waals surface area contributed by atoms with E-state index in [2.05, 4.69) is 27.9 Å². The van der Waals surface area contributed by atoms with E-state index in [0.717, 1.165) is 22.8 Å². The molecular formula is C18H19IN2O3S. The van der Waals surface area contributed by atoms with Crippen LogP contribution in [0.2, 0.25) is 0 Å². The highest BCUT2D eigenvalue weighted by atomic mass is 127. The number of halogens is 1. The predicted molar refractivity (Wildman–Crippen MR) is 106 cm³/mol. The molecule has 1 saturated heterocycles. The predicted octanol–water partition coefficient (Wildman–Crippen LogP) is 3.72. The molecule has 25 heavy (non-hydrogen) atoms. The maximum atomic E-state index is 13.0. The minimum absolute atomic E-state index is 0.0695. The van der Waals surface area contributed by atoms with Crippen molar-refractivity contribution in [2.24, 2.45) is 0 Å². The topological polar surface area (TPSA) is 66.5 Å². The monoisotopic (exact) mass is 470 g/mol. The highest BCUT2D eigenvalue weighted by Crippen LogP contribution is 2.24. The fourth-order valence-electron chi connectivity index (χ4n) is 2.89. The third-order valence-corrected chi connectivity index (χ3v) is 6.77. The average molecular weight is 470 g/mol. The zero-order chi connectivity index (χ0) is 17.9. The van der Waals surface area contributed by atoms with Crippen LogP contribution in [0.5, 0.6) is 0 Å². The molecule has 0 aliphatic carbocycles. The number of anilines is 1. The number of rotatable bonds is 4. The molecule has 2 aromatic rings. The number of piperidine rings is 1. The zero-order valence-corrected chi connectivity index (χ0v) is 16.6. The van der Waals surface area contributed by atoms with Gasteiger partial charge in [-0.3, -0.25) is 4.79 Å². The standard InChI is InChI=1S/C18H19IN2O3S/c19-14-7-6-8-15(13-14)20-18(22)16-9-2-3-10-17(16)25(23,24)21-11-4-1-5-12-21/h2-3,6-10,13H,1,4-5,11-12H2,(H,20,22). The molecular weight excluding hydrogens is 451 g/mol. The van der Waals surface area contributed by atoms with Gasteiger partial charge in [-0.15, -0.1) is 0 Å². The van der Waals surface area contributed by atoms with Gasteiger partial charge in [0.1, 0.15) is 0 Å². The Morgan fingerprint density at radius 2 is 1.72 bits per heavy atom. The fraction of sp³-hybridized carbons (Fsp3) is 0.278. The van der Waals surface area contributed by atoms with Gasteiger partial charge < -0.3 is 5.32 Å². The molecule has 0 radical (unpaired) electrons. The van der Waals surface area contributed by atoms with Gasteiger partial charge in [-0.1, -0.05) is 24.6 Å². The van der Waals surface area contributed by atoms with E-state index in [4.69, 9.17) is 0 Å². The largest absolute Gasteiger partial charge is 0.322 e. The van der Waals surface area contributed by atoms with E-state index in [0.29, 0.717) is 18.8 Å². The highest BCUT2D eigenvalue weighted by Gasteiger charge is 2.29. The summed E-state index contributed by atoms with van der Waals surface area (Å²) in [6, 6.07) is 13.8. The maximum Gasteiger partial charge on any atom is 0.257 e. The summed E-state index contributed by atoms with van der Waals surface area (Å²) in [7, 11) is -3.67. The number of carbonyl (C=O) groups excluding carboxylic acids is 1. The number of sulfonamides is 1. The summed E-state index contributed by atoms with van der Waals surface area (Å²) in [5, 5.41) is 2.79. The van der Waals surface area contributed by atoms with Crippen molar-refractivity contribution in [3.8, 4) is 0 Å². The number of benzene rings is 2. The van der Waals surface area contributed by atoms with Gasteiger partial charge in [0.15, 0.2) is 0 Å². The molecule has 1 fully saturated rings. The van der Waals surface area contributed by atoms with Crippen LogP contribution in [0.3, 0.4) is 0 Å². The van der Waals surface area contributed by atoms with E-state index in [1.807, 2.05) is 18.2 Å². The van der Waals surface area contributed by atoms with E-state index < -0.39 is 15.9 Å². The van der Waals surface area contributed by atoms with Crippen LogP contribution in [0.1, 0.15) is 29.6 Å². The van der Waals surface area contributed by atoms with Crippen LogP contribution in [0.15, 0.2) is 53.4 Å². The third kappa shape index (κ3) is 4.21. The first kappa shape index (κ1) is 18.3. The summed E-state index contributed by atoms with van der Waals surface area (Å²) in [6.07, 6.45) is 2.76. The minimum Gasteiger partial charge on any atom is -0.322 e. The number of hydrogen-bond donors (Lipinski definition) is 1. The first-order chi connectivity index (χ1) is 12.0. The molecule has 132 valence electrons. The SMILES string of the molecule is O=C(Nc1cccc(I)c1)c1ccccc1S(=O)(=O)N1CCCCC1. The Hall–Kier alpha value is -1.45. The molecule has 1 amide bonds. The molecule has 1 N–H and O–H groups in total. The van der Waals surface area contributed by atoms with E-state index >= 15 is 0 Å². The molecule has 0 aromatic heterocycles. The zero-order valence-electron chi connectivity index (χ0n) is 13.6. The maximum absolute atomic E-state index is 13.0. The lowest BCUT2D eigenvalue weighted by Crippen LogP contribution is -2.36. The third-order valence-electron chi connectivity index (χ3n) is 4.15. The number of amides is 1. The van der Waals surface area contributed by atoms with Crippen molar-refractivity contribution in [2.45, 2.75) is 24.2 Å². The van der Waals surface area contributed by atoms with Crippen molar-refractivity contribution in [1.82, 2.24) is 4.31 Å². The molecule has 5 nitrogen and oxygen atoms in total. The average Bonchev–Trinajstić information content (AvgIpc) is 2.62. The van der Waals surface area contributed by atoms with Gasteiger partial charge in [0.2, 0.25) is 10.0 Å². The van der Waals surface area contributed by atoms with E-state index in [1.54, 1.807) is 24.3 Å². The molecule has 7 heteroatoms. The Bertz CT molecular complexity index is 877. The molecule has 1 heterocycles. The van der Waals surface area contributed by atoms with E-state index in [9.17, 15) is 13.2 Å². The number of carbonyl (C=O) groups is 1. The van der Waals surface area contributed by atoms with Crippen LogP contribution in [-0.2, 0) is 10.0 Å². The van der Waals surface area contributed by atoms with Gasteiger partial charge in [-0.25, -0.2) is 8.42 Å². The molecule has 0 atom stereocenters. The Balaban J connectivity index is 1.91. The molecule has 1 aliphatic rings. The first-order valence-corrected chi connectivity index (χ1v) is 10.7. The van der Waals surface area contributed by atoms with Crippen LogP contribution in [0.4, 0.5) is 5.69 Å². The van der Waals surface area contributed by atoms with Crippen LogP contribution in [0, 0.1) is 3.57 Å². The van der Waals surface area contributed by atoms with Crippen LogP contribution < -0.4 is 5.32 Å². The summed E-state index contributed by atoms with van der Waals surface area (Å²) in [5.74, 6) is -0.418. The Morgan fingerprint density at radius 1 is 1.00 bits per heavy atom. The minimum atomic E-state index is -3.67. The Morgan fingerprint density at radius 3 is 2.44 bits per heavy atom. The van der Waals surface area contributed by atoms with Crippen molar-refractivity contribution >= 4 is 44.2 Å². The normalized spacial score (nSPS) is 15.7. The summed E-state index contributed by atoms with van der Waals surface area (Å²) < 4.78 is 28.4. The quantitative estimate of drug-likeness (QED) is 0.693. The molecule has 3 rings (SSSR count). The summed E-state index contributed by atoms with van der Waals surface area (Å²) in [5.41, 5.74) is 0.814. The number of nitrogens with one attached hydrogen (secondary N) is 1. The van der Waals surface area contributed by atoms with E-state index in [-0.39, 0.29) is 10.5 Å². The first-order valence-electron chi connectivity index (χ1n) is 8.14. The van der Waals surface area contributed by atoms with Crippen molar-refractivity contribution in [3.05, 3.63) is 57.7 Å². The second-order valence-corrected chi connectivity index (χ2v) is 9.08. The van der Waals surface area contributed by atoms with Gasteiger partial charge in [0, 0.05) is 22.3 Å². The summed E-state index contributed by atoms with van der Waals surface area (Å²) in [4.78, 5) is 12.7. The van der Waals surface area contributed by atoms with Crippen LogP contribution in [-0.4, -0.2) is 31.7 Å². The highest BCUT2D eigenvalue weighted by molar-refractivity contribution is 14.1. The molecule has 2 aromatic carbocycles. The lowest BCUT2D eigenvalue weighted by Gasteiger charge is -2.26. The molecule has 0 unspecified atom stereocenters. The van der Waals surface area contributed by atoms with Crippen molar-refractivity contribution < 1.29 is 13.2 Å². The summed E-state index contributed by atoms with van der Waals surface area (Å²) in [6.45, 7) is 1.02. The summed E-state index contributed by atoms with van der Waals surface area (Å²) >= 11 is 2.16. The van der Waals surface area contributed by atoms with Gasteiger partial charge in [-0.2, -0.15) is 4.31 Å². The Kier molecular flexibility index (Phi) is 5.75. The Labute approximate surface area is 161 Å². The van der Waals surface area contributed by atoms with Gasteiger partial charge >= 0.3 is 0 Å².